The lowest BCUT2D eigenvalue weighted by Gasteiger charge is -2.13. The molecule has 0 radical (unpaired) electrons. The van der Waals surface area contributed by atoms with E-state index in [2.05, 4.69) is 5.32 Å². The van der Waals surface area contributed by atoms with Crippen LogP contribution in [0.1, 0.15) is 11.1 Å². The molecule has 1 heterocycles. The molecule has 33 heavy (non-hydrogen) atoms. The van der Waals surface area contributed by atoms with Crippen molar-refractivity contribution in [2.24, 2.45) is 0 Å². The van der Waals surface area contributed by atoms with E-state index in [-0.39, 0.29) is 23.1 Å². The highest BCUT2D eigenvalue weighted by molar-refractivity contribution is 7.90. The quantitative estimate of drug-likeness (QED) is 0.436. The highest BCUT2D eigenvalue weighted by Crippen LogP contribution is 2.29. The molecule has 0 saturated heterocycles. The number of nitrogens with zero attached hydrogens (tertiary/aromatic N) is 2. The third-order valence-corrected chi connectivity index (χ3v) is 7.36. The topological polar surface area (TPSA) is 71.4 Å². The number of benzene rings is 3. The van der Waals surface area contributed by atoms with E-state index in [0.717, 1.165) is 16.8 Å². The minimum absolute atomic E-state index is 0.00975. The molecule has 0 saturated carbocycles. The Labute approximate surface area is 194 Å². The van der Waals surface area contributed by atoms with Gasteiger partial charge in [0, 0.05) is 42.6 Å². The fraction of sp³-hybridized carbons (Fsp3) is 0.192. The van der Waals surface area contributed by atoms with Crippen molar-refractivity contribution in [2.75, 3.05) is 24.3 Å². The first-order valence-electron chi connectivity index (χ1n) is 10.7. The first-order valence-corrected chi connectivity index (χ1v) is 12.3. The molecule has 4 aromatic rings. The molecular weight excluding hydrogens is 434 g/mol. The lowest BCUT2D eigenvalue weighted by atomic mass is 10.1. The zero-order chi connectivity index (χ0) is 23.6. The molecule has 6 nitrogen and oxygen atoms in total. The largest absolute Gasteiger partial charge is 0.378 e. The van der Waals surface area contributed by atoms with Crippen molar-refractivity contribution in [3.8, 4) is 0 Å². The number of carbonyl (C=O) groups excluding carboxylic acids is 1. The van der Waals surface area contributed by atoms with E-state index < -0.39 is 9.84 Å². The van der Waals surface area contributed by atoms with Crippen LogP contribution in [0.3, 0.4) is 0 Å². The number of anilines is 2. The fourth-order valence-electron chi connectivity index (χ4n) is 3.84. The number of aryl methyl sites for hydroxylation is 1. The standard InChI is InChI=1S/C26H27N3O3S/c1-19-8-4-5-9-20(19)18-33(31,32)25-16-29(24-11-7-6-10-23(24)25)17-26(30)27-21-12-14-22(15-13-21)28(2)3/h4-16H,17-18H2,1-3H3,(H,27,30). The summed E-state index contributed by atoms with van der Waals surface area (Å²) >= 11 is 0. The lowest BCUT2D eigenvalue weighted by Crippen LogP contribution is -2.18. The van der Waals surface area contributed by atoms with Crippen LogP contribution in [0.15, 0.2) is 83.9 Å². The number of sulfone groups is 1. The first-order chi connectivity index (χ1) is 15.7. The third kappa shape index (κ3) is 4.93. The molecule has 0 spiro atoms. The molecule has 1 aromatic heterocycles. The van der Waals surface area contributed by atoms with Crippen molar-refractivity contribution >= 4 is 38.0 Å². The van der Waals surface area contributed by atoms with Gasteiger partial charge in [-0.05, 0) is 48.4 Å². The smallest absolute Gasteiger partial charge is 0.244 e. The maximum Gasteiger partial charge on any atom is 0.244 e. The molecule has 170 valence electrons. The van der Waals surface area contributed by atoms with Crippen LogP contribution in [0.25, 0.3) is 10.9 Å². The molecule has 0 aliphatic carbocycles. The van der Waals surface area contributed by atoms with Crippen molar-refractivity contribution in [1.29, 1.82) is 0 Å². The average Bonchev–Trinajstić information content (AvgIpc) is 3.15. The molecule has 3 aromatic carbocycles. The summed E-state index contributed by atoms with van der Waals surface area (Å²) in [6.07, 6.45) is 1.58. The normalized spacial score (nSPS) is 11.5. The summed E-state index contributed by atoms with van der Waals surface area (Å²) in [5.41, 5.74) is 4.14. The van der Waals surface area contributed by atoms with Gasteiger partial charge in [0.05, 0.1) is 10.6 Å². The third-order valence-electron chi connectivity index (χ3n) is 5.68. The van der Waals surface area contributed by atoms with Gasteiger partial charge in [0.15, 0.2) is 9.84 Å². The predicted molar refractivity (Wildman–Crippen MR) is 133 cm³/mol. The van der Waals surface area contributed by atoms with Gasteiger partial charge in [-0.1, -0.05) is 42.5 Å². The number of hydrogen-bond donors (Lipinski definition) is 1. The van der Waals surface area contributed by atoms with Gasteiger partial charge < -0.3 is 14.8 Å². The Bertz CT molecular complexity index is 1400. The molecule has 0 atom stereocenters. The highest BCUT2D eigenvalue weighted by atomic mass is 32.2. The second-order valence-electron chi connectivity index (χ2n) is 8.31. The molecule has 4 rings (SSSR count). The molecule has 7 heteroatoms. The Morgan fingerprint density at radius 3 is 2.30 bits per heavy atom. The van der Waals surface area contributed by atoms with Crippen LogP contribution in [0, 0.1) is 6.92 Å². The van der Waals surface area contributed by atoms with Crippen LogP contribution in [-0.2, 0) is 26.9 Å². The molecule has 0 aliphatic rings. The van der Waals surface area contributed by atoms with E-state index >= 15 is 0 Å². The van der Waals surface area contributed by atoms with Gasteiger partial charge in [-0.2, -0.15) is 0 Å². The van der Waals surface area contributed by atoms with Crippen molar-refractivity contribution < 1.29 is 13.2 Å². The van der Waals surface area contributed by atoms with Crippen molar-refractivity contribution in [3.05, 3.63) is 90.1 Å². The maximum atomic E-state index is 13.3. The van der Waals surface area contributed by atoms with Gasteiger partial charge >= 0.3 is 0 Å². The summed E-state index contributed by atoms with van der Waals surface area (Å²) in [4.78, 5) is 15.0. The van der Waals surface area contributed by atoms with E-state index in [1.165, 1.54) is 0 Å². The number of carbonyl (C=O) groups is 1. The first kappa shape index (κ1) is 22.6. The number of aromatic nitrogens is 1. The van der Waals surface area contributed by atoms with Gasteiger partial charge in [0.25, 0.3) is 0 Å². The van der Waals surface area contributed by atoms with Crippen molar-refractivity contribution in [2.45, 2.75) is 24.1 Å². The lowest BCUT2D eigenvalue weighted by molar-refractivity contribution is -0.116. The zero-order valence-corrected chi connectivity index (χ0v) is 19.8. The molecule has 0 bridgehead atoms. The summed E-state index contributed by atoms with van der Waals surface area (Å²) in [5.74, 6) is -0.311. The van der Waals surface area contributed by atoms with E-state index in [0.29, 0.717) is 16.6 Å². The summed E-state index contributed by atoms with van der Waals surface area (Å²) in [6.45, 7) is 1.92. The molecule has 0 unspecified atom stereocenters. The molecular formula is C26H27N3O3S. The Morgan fingerprint density at radius 1 is 0.939 bits per heavy atom. The van der Waals surface area contributed by atoms with Crippen molar-refractivity contribution in [1.82, 2.24) is 4.57 Å². The van der Waals surface area contributed by atoms with Gasteiger partial charge in [0.2, 0.25) is 5.91 Å². The Morgan fingerprint density at radius 2 is 1.61 bits per heavy atom. The number of amides is 1. The highest BCUT2D eigenvalue weighted by Gasteiger charge is 2.23. The Kier molecular flexibility index (Phi) is 6.24. The number of fused-ring (bicyclic) bond motifs is 1. The minimum atomic E-state index is -3.61. The Balaban J connectivity index is 1.60. The molecule has 1 N–H and O–H groups in total. The van der Waals surface area contributed by atoms with Crippen LogP contribution in [0.2, 0.25) is 0 Å². The monoisotopic (exact) mass is 461 g/mol. The fourth-order valence-corrected chi connectivity index (χ4v) is 5.53. The van der Waals surface area contributed by atoms with E-state index in [4.69, 9.17) is 0 Å². The summed E-state index contributed by atoms with van der Waals surface area (Å²) in [6, 6.07) is 22.3. The van der Waals surface area contributed by atoms with Crippen molar-refractivity contribution in [3.63, 3.8) is 0 Å². The number of para-hydroxylation sites is 1. The Hall–Kier alpha value is -3.58. The summed E-state index contributed by atoms with van der Waals surface area (Å²) < 4.78 is 28.4. The van der Waals surface area contributed by atoms with Gasteiger partial charge in [-0.3, -0.25) is 4.79 Å². The minimum Gasteiger partial charge on any atom is -0.378 e. The van der Waals surface area contributed by atoms with Crippen LogP contribution in [-0.4, -0.2) is 33.0 Å². The second-order valence-corrected chi connectivity index (χ2v) is 10.3. The molecule has 0 aliphatic heterocycles. The summed E-state index contributed by atoms with van der Waals surface area (Å²) in [7, 11) is 0.301. The van der Waals surface area contributed by atoms with Gasteiger partial charge in [0.1, 0.15) is 6.54 Å². The van der Waals surface area contributed by atoms with E-state index in [9.17, 15) is 13.2 Å². The predicted octanol–water partition coefficient (Wildman–Crippen LogP) is 4.63. The maximum absolute atomic E-state index is 13.3. The second kappa shape index (κ2) is 9.11. The SMILES string of the molecule is Cc1ccccc1CS(=O)(=O)c1cn(CC(=O)Nc2ccc(N(C)C)cc2)c2ccccc12. The summed E-state index contributed by atoms with van der Waals surface area (Å²) in [5, 5.41) is 3.51. The molecule has 0 fully saturated rings. The van der Waals surface area contributed by atoms with Crippen LogP contribution in [0.5, 0.6) is 0 Å². The number of nitrogens with one attached hydrogen (secondary N) is 1. The van der Waals surface area contributed by atoms with Gasteiger partial charge in [-0.25, -0.2) is 8.42 Å². The van der Waals surface area contributed by atoms with Crippen LogP contribution in [0.4, 0.5) is 11.4 Å². The average molecular weight is 462 g/mol. The van der Waals surface area contributed by atoms with Crippen LogP contribution >= 0.6 is 0 Å². The van der Waals surface area contributed by atoms with Crippen LogP contribution < -0.4 is 10.2 Å². The number of rotatable bonds is 7. The molecule has 1 amide bonds. The number of hydrogen-bond acceptors (Lipinski definition) is 4. The van der Waals surface area contributed by atoms with E-state index in [1.54, 1.807) is 16.8 Å². The zero-order valence-electron chi connectivity index (χ0n) is 18.9. The van der Waals surface area contributed by atoms with E-state index in [1.807, 2.05) is 92.6 Å². The van der Waals surface area contributed by atoms with Gasteiger partial charge in [-0.15, -0.1) is 0 Å².